The second-order valence-electron chi connectivity index (χ2n) is 5.40. The van der Waals surface area contributed by atoms with E-state index in [1.54, 1.807) is 12.3 Å². The summed E-state index contributed by atoms with van der Waals surface area (Å²) in [7, 11) is 3.92. The number of fused-ring (bicyclic) bond motifs is 1. The maximum atomic E-state index is 12.3. The van der Waals surface area contributed by atoms with Crippen LogP contribution in [0.3, 0.4) is 0 Å². The fourth-order valence-electron chi connectivity index (χ4n) is 2.35. The fourth-order valence-corrected chi connectivity index (χ4v) is 2.35. The summed E-state index contributed by atoms with van der Waals surface area (Å²) in [6.07, 6.45) is 1.69. The van der Waals surface area contributed by atoms with Crippen LogP contribution in [0.15, 0.2) is 60.8 Å². The number of pyridine rings is 1. The monoisotopic (exact) mass is 378 g/mol. The topological polar surface area (TPSA) is 57.3 Å². The van der Waals surface area contributed by atoms with E-state index in [2.05, 4.69) is 15.6 Å². The van der Waals surface area contributed by atoms with E-state index in [0.29, 0.717) is 0 Å². The van der Waals surface area contributed by atoms with Gasteiger partial charge in [-0.2, -0.15) is 0 Å². The minimum atomic E-state index is -0.280. The van der Waals surface area contributed by atoms with Gasteiger partial charge in [0.2, 0.25) is 0 Å². The lowest BCUT2D eigenvalue weighted by Gasteiger charge is -2.14. The zero-order valence-electron chi connectivity index (χ0n) is 13.9. The Labute approximate surface area is 159 Å². The number of halogens is 2. The third-order valence-electron chi connectivity index (χ3n) is 3.52. The van der Waals surface area contributed by atoms with E-state index >= 15 is 0 Å². The first-order valence-corrected chi connectivity index (χ1v) is 7.32. The van der Waals surface area contributed by atoms with Crippen molar-refractivity contribution in [3.8, 4) is 0 Å². The largest absolute Gasteiger partial charge is 0.378 e. The number of nitrogens with zero attached hydrogens (tertiary/aromatic N) is 2. The van der Waals surface area contributed by atoms with Crippen LogP contribution in [0.4, 0.5) is 21.9 Å². The summed E-state index contributed by atoms with van der Waals surface area (Å²) in [5, 5.41) is 6.64. The minimum Gasteiger partial charge on any atom is -0.378 e. The highest BCUT2D eigenvalue weighted by molar-refractivity contribution is 6.05. The summed E-state index contributed by atoms with van der Waals surface area (Å²) in [5.74, 6) is 0. The van der Waals surface area contributed by atoms with Crippen molar-refractivity contribution in [2.45, 2.75) is 0 Å². The number of aromatic nitrogens is 1. The van der Waals surface area contributed by atoms with Gasteiger partial charge in [-0.3, -0.25) is 4.98 Å². The molecule has 0 aliphatic heterocycles. The minimum absolute atomic E-state index is 0. The number of urea groups is 1. The van der Waals surface area contributed by atoms with E-state index in [0.717, 1.165) is 28.0 Å². The van der Waals surface area contributed by atoms with Crippen molar-refractivity contribution >= 4 is 58.8 Å². The first-order chi connectivity index (χ1) is 11.1. The van der Waals surface area contributed by atoms with Crippen molar-refractivity contribution in [3.63, 3.8) is 0 Å². The molecule has 0 spiro atoms. The van der Waals surface area contributed by atoms with Crippen molar-refractivity contribution in [1.29, 1.82) is 0 Å². The average Bonchev–Trinajstić information content (AvgIpc) is 2.55. The molecule has 2 aromatic carbocycles. The van der Waals surface area contributed by atoms with E-state index in [1.807, 2.05) is 67.5 Å². The maximum Gasteiger partial charge on any atom is 0.323 e. The Morgan fingerprint density at radius 2 is 1.72 bits per heavy atom. The molecule has 5 nitrogen and oxygen atoms in total. The van der Waals surface area contributed by atoms with Gasteiger partial charge in [-0.1, -0.05) is 24.3 Å². The van der Waals surface area contributed by atoms with Gasteiger partial charge < -0.3 is 15.5 Å². The number of benzene rings is 2. The van der Waals surface area contributed by atoms with Gasteiger partial charge in [-0.15, -0.1) is 24.8 Å². The number of hydrogen-bond acceptors (Lipinski definition) is 3. The van der Waals surface area contributed by atoms with Crippen LogP contribution < -0.4 is 15.5 Å². The first kappa shape index (κ1) is 20.5. The average molecular weight is 379 g/mol. The molecular formula is C18H20Cl2N4O. The zero-order valence-corrected chi connectivity index (χ0v) is 15.5. The third kappa shape index (κ3) is 4.98. The molecule has 0 saturated carbocycles. The highest BCUT2D eigenvalue weighted by Crippen LogP contribution is 2.22. The second-order valence-corrected chi connectivity index (χ2v) is 5.40. The Kier molecular flexibility index (Phi) is 7.48. The van der Waals surface area contributed by atoms with Crippen LogP contribution in [0.25, 0.3) is 10.9 Å². The van der Waals surface area contributed by atoms with Crippen LogP contribution in [-0.2, 0) is 0 Å². The van der Waals surface area contributed by atoms with E-state index in [9.17, 15) is 4.79 Å². The molecule has 0 radical (unpaired) electrons. The highest BCUT2D eigenvalue weighted by Gasteiger charge is 2.07. The summed E-state index contributed by atoms with van der Waals surface area (Å²) in [4.78, 5) is 18.5. The molecule has 0 fully saturated rings. The van der Waals surface area contributed by atoms with Crippen LogP contribution >= 0.6 is 24.8 Å². The Morgan fingerprint density at radius 1 is 0.960 bits per heavy atom. The van der Waals surface area contributed by atoms with Crippen LogP contribution in [0, 0.1) is 0 Å². The van der Waals surface area contributed by atoms with Gasteiger partial charge in [0, 0.05) is 37.1 Å². The van der Waals surface area contributed by atoms with Crippen LogP contribution in [0.2, 0.25) is 0 Å². The van der Waals surface area contributed by atoms with Gasteiger partial charge in [-0.25, -0.2) is 4.79 Å². The van der Waals surface area contributed by atoms with Crippen molar-refractivity contribution in [2.75, 3.05) is 29.6 Å². The van der Waals surface area contributed by atoms with Crippen molar-refractivity contribution in [2.24, 2.45) is 0 Å². The summed E-state index contributed by atoms with van der Waals surface area (Å²) in [6.45, 7) is 0. The molecule has 132 valence electrons. The predicted molar refractivity (Wildman–Crippen MR) is 110 cm³/mol. The van der Waals surface area contributed by atoms with E-state index in [4.69, 9.17) is 0 Å². The molecule has 1 heterocycles. The predicted octanol–water partition coefficient (Wildman–Crippen LogP) is 4.79. The van der Waals surface area contributed by atoms with E-state index in [-0.39, 0.29) is 30.8 Å². The van der Waals surface area contributed by atoms with Gasteiger partial charge in [0.15, 0.2) is 0 Å². The lowest BCUT2D eigenvalue weighted by Crippen LogP contribution is -2.20. The Morgan fingerprint density at radius 3 is 2.48 bits per heavy atom. The number of para-hydroxylation sites is 1. The quantitative estimate of drug-likeness (QED) is 0.688. The number of carbonyl (C=O) groups is 1. The molecule has 0 aliphatic rings. The van der Waals surface area contributed by atoms with E-state index < -0.39 is 0 Å². The van der Waals surface area contributed by atoms with Crippen molar-refractivity contribution in [3.05, 3.63) is 60.8 Å². The molecule has 3 rings (SSSR count). The molecular weight excluding hydrogens is 359 g/mol. The Balaban J connectivity index is 0.00000156. The van der Waals surface area contributed by atoms with Crippen molar-refractivity contribution in [1.82, 2.24) is 4.98 Å². The van der Waals surface area contributed by atoms with Crippen LogP contribution in [0.5, 0.6) is 0 Å². The summed E-state index contributed by atoms with van der Waals surface area (Å²) < 4.78 is 0. The number of anilines is 3. The number of hydrogen-bond donors (Lipinski definition) is 2. The molecule has 0 saturated heterocycles. The molecule has 7 heteroatoms. The SMILES string of the molecule is CN(C)c1cccc(NC(=O)Nc2ccnc3ccccc23)c1.Cl.Cl. The summed E-state index contributed by atoms with van der Waals surface area (Å²) >= 11 is 0. The number of nitrogens with one attached hydrogen (secondary N) is 2. The summed E-state index contributed by atoms with van der Waals surface area (Å²) in [5.41, 5.74) is 3.35. The Bertz CT molecular complexity index is 850. The number of rotatable bonds is 3. The number of carbonyl (C=O) groups excluding carboxylic acids is 1. The smallest absolute Gasteiger partial charge is 0.323 e. The molecule has 2 amide bonds. The molecule has 3 aromatic rings. The van der Waals surface area contributed by atoms with E-state index in [1.165, 1.54) is 0 Å². The standard InChI is InChI=1S/C18H18N4O.2ClH/c1-22(2)14-7-5-6-13(12-14)20-18(23)21-17-10-11-19-16-9-4-3-8-15(16)17;;/h3-12H,1-2H3,(H2,19,20,21,23);2*1H. The summed E-state index contributed by atoms with van der Waals surface area (Å²) in [6, 6.07) is 16.9. The molecule has 0 unspecified atom stereocenters. The van der Waals surface area contributed by atoms with Gasteiger partial charge in [0.25, 0.3) is 0 Å². The third-order valence-corrected chi connectivity index (χ3v) is 3.52. The van der Waals surface area contributed by atoms with Crippen LogP contribution in [0.1, 0.15) is 0 Å². The Hall–Kier alpha value is -2.50. The molecule has 0 aliphatic carbocycles. The fraction of sp³-hybridized carbons (Fsp3) is 0.111. The van der Waals surface area contributed by atoms with Crippen LogP contribution in [-0.4, -0.2) is 25.1 Å². The second kappa shape index (κ2) is 9.11. The first-order valence-electron chi connectivity index (χ1n) is 7.32. The maximum absolute atomic E-state index is 12.3. The lowest BCUT2D eigenvalue weighted by atomic mass is 10.2. The molecule has 1 aromatic heterocycles. The van der Waals surface area contributed by atoms with Gasteiger partial charge in [0.05, 0.1) is 11.2 Å². The highest BCUT2D eigenvalue weighted by atomic mass is 35.5. The molecule has 0 atom stereocenters. The normalized spacial score (nSPS) is 9.52. The van der Waals surface area contributed by atoms with Gasteiger partial charge in [0.1, 0.15) is 0 Å². The molecule has 0 bridgehead atoms. The lowest BCUT2D eigenvalue weighted by molar-refractivity contribution is 0.262. The molecule has 2 N–H and O–H groups in total. The molecule has 25 heavy (non-hydrogen) atoms. The van der Waals surface area contributed by atoms with Crippen molar-refractivity contribution < 1.29 is 4.79 Å². The number of amides is 2. The zero-order chi connectivity index (χ0) is 16.2. The van der Waals surface area contributed by atoms with Gasteiger partial charge in [-0.05, 0) is 30.3 Å². The van der Waals surface area contributed by atoms with Gasteiger partial charge >= 0.3 is 6.03 Å².